The summed E-state index contributed by atoms with van der Waals surface area (Å²) < 4.78 is 0. The van der Waals surface area contributed by atoms with Crippen molar-refractivity contribution in [2.24, 2.45) is 0 Å². The standard InChI is InChI=1S/C16H16N2OS/c1-11-9-20-15(18-11)14(19)16(10-17)8-4-6-12-5-2-3-7-13(12)16/h2-3,5,7,9,14,19H,4,6,8H2,1H3. The van der Waals surface area contributed by atoms with E-state index in [0.717, 1.165) is 24.1 Å². The second kappa shape index (κ2) is 5.01. The maximum Gasteiger partial charge on any atom is 0.128 e. The number of benzene rings is 1. The van der Waals surface area contributed by atoms with E-state index in [4.69, 9.17) is 0 Å². The van der Waals surface area contributed by atoms with Crippen LogP contribution in [0.25, 0.3) is 0 Å². The number of thiazole rings is 1. The minimum Gasteiger partial charge on any atom is -0.384 e. The minimum atomic E-state index is -0.862. The van der Waals surface area contributed by atoms with Crippen LogP contribution in [-0.4, -0.2) is 10.1 Å². The third-order valence-corrected chi connectivity index (χ3v) is 5.07. The Morgan fingerprint density at radius 2 is 2.25 bits per heavy atom. The van der Waals surface area contributed by atoms with Crippen molar-refractivity contribution >= 4 is 11.3 Å². The van der Waals surface area contributed by atoms with E-state index in [2.05, 4.69) is 17.1 Å². The molecule has 0 bridgehead atoms. The first-order valence-corrected chi connectivity index (χ1v) is 7.65. The van der Waals surface area contributed by atoms with Gasteiger partial charge in [-0.15, -0.1) is 11.3 Å². The van der Waals surface area contributed by atoms with Crippen molar-refractivity contribution in [3.05, 3.63) is 51.5 Å². The van der Waals surface area contributed by atoms with Crippen LogP contribution in [0, 0.1) is 18.3 Å². The zero-order valence-electron chi connectivity index (χ0n) is 11.3. The molecular weight excluding hydrogens is 268 g/mol. The van der Waals surface area contributed by atoms with E-state index in [1.54, 1.807) is 0 Å². The molecule has 0 radical (unpaired) electrons. The van der Waals surface area contributed by atoms with E-state index in [0.29, 0.717) is 11.4 Å². The molecule has 0 aliphatic heterocycles. The maximum atomic E-state index is 10.8. The fraction of sp³-hybridized carbons (Fsp3) is 0.375. The highest BCUT2D eigenvalue weighted by atomic mass is 32.1. The number of nitriles is 1. The summed E-state index contributed by atoms with van der Waals surface area (Å²) in [5.74, 6) is 0. The predicted molar refractivity (Wildman–Crippen MR) is 78.5 cm³/mol. The Morgan fingerprint density at radius 3 is 2.95 bits per heavy atom. The highest BCUT2D eigenvalue weighted by Crippen LogP contribution is 2.46. The van der Waals surface area contributed by atoms with Crippen LogP contribution in [0.2, 0.25) is 0 Å². The Balaban J connectivity index is 2.12. The summed E-state index contributed by atoms with van der Waals surface area (Å²) in [6, 6.07) is 10.4. The zero-order chi connectivity index (χ0) is 14.2. The first kappa shape index (κ1) is 13.3. The highest BCUT2D eigenvalue weighted by Gasteiger charge is 2.45. The van der Waals surface area contributed by atoms with Crippen LogP contribution >= 0.6 is 11.3 Å². The third-order valence-electron chi connectivity index (χ3n) is 4.05. The van der Waals surface area contributed by atoms with Gasteiger partial charge in [-0.25, -0.2) is 4.98 Å². The summed E-state index contributed by atoms with van der Waals surface area (Å²) in [7, 11) is 0. The number of rotatable bonds is 2. The Kier molecular flexibility index (Phi) is 3.33. The number of aliphatic hydroxyl groups is 1. The van der Waals surface area contributed by atoms with Crippen molar-refractivity contribution in [2.75, 3.05) is 0 Å². The normalized spacial score (nSPS) is 22.9. The quantitative estimate of drug-likeness (QED) is 0.920. The highest BCUT2D eigenvalue weighted by molar-refractivity contribution is 7.09. The van der Waals surface area contributed by atoms with Gasteiger partial charge in [-0.3, -0.25) is 0 Å². The molecule has 3 nitrogen and oxygen atoms in total. The van der Waals surface area contributed by atoms with Crippen LogP contribution in [0.3, 0.4) is 0 Å². The SMILES string of the molecule is Cc1csc(C(O)C2(C#N)CCCc3ccccc32)n1. The molecule has 1 heterocycles. The van der Waals surface area contributed by atoms with Gasteiger partial charge in [0.1, 0.15) is 16.5 Å². The molecule has 2 unspecified atom stereocenters. The third kappa shape index (κ3) is 1.94. The Morgan fingerprint density at radius 1 is 1.45 bits per heavy atom. The summed E-state index contributed by atoms with van der Waals surface area (Å²) >= 11 is 1.43. The van der Waals surface area contributed by atoms with Crippen LogP contribution < -0.4 is 0 Å². The number of hydrogen-bond acceptors (Lipinski definition) is 4. The van der Waals surface area contributed by atoms with E-state index < -0.39 is 11.5 Å². The van der Waals surface area contributed by atoms with Crippen molar-refractivity contribution in [2.45, 2.75) is 37.7 Å². The lowest BCUT2D eigenvalue weighted by Crippen LogP contribution is -2.36. The van der Waals surface area contributed by atoms with Crippen LogP contribution in [-0.2, 0) is 11.8 Å². The topological polar surface area (TPSA) is 56.9 Å². The van der Waals surface area contributed by atoms with Crippen LogP contribution in [0.5, 0.6) is 0 Å². The largest absolute Gasteiger partial charge is 0.384 e. The average molecular weight is 284 g/mol. The second-order valence-electron chi connectivity index (χ2n) is 5.32. The number of hydrogen-bond donors (Lipinski definition) is 1. The summed E-state index contributed by atoms with van der Waals surface area (Å²) in [4.78, 5) is 4.37. The second-order valence-corrected chi connectivity index (χ2v) is 6.21. The van der Waals surface area contributed by atoms with Gasteiger partial charge in [0.2, 0.25) is 0 Å². The van der Waals surface area contributed by atoms with Gasteiger partial charge in [0, 0.05) is 11.1 Å². The Labute approximate surface area is 122 Å². The molecule has 2 aromatic rings. The first-order valence-electron chi connectivity index (χ1n) is 6.77. The van der Waals surface area contributed by atoms with Gasteiger partial charge in [0.25, 0.3) is 0 Å². The summed E-state index contributed by atoms with van der Waals surface area (Å²) in [6.07, 6.45) is 1.72. The molecule has 0 spiro atoms. The van der Waals surface area contributed by atoms with Crippen molar-refractivity contribution in [1.29, 1.82) is 5.26 Å². The molecular formula is C16H16N2OS. The van der Waals surface area contributed by atoms with E-state index in [1.165, 1.54) is 16.9 Å². The van der Waals surface area contributed by atoms with E-state index in [1.807, 2.05) is 30.5 Å². The van der Waals surface area contributed by atoms with Crippen LogP contribution in [0.4, 0.5) is 0 Å². The fourth-order valence-corrected chi connectivity index (χ4v) is 3.91. The average Bonchev–Trinajstić information content (AvgIpc) is 2.92. The molecule has 20 heavy (non-hydrogen) atoms. The van der Waals surface area contributed by atoms with E-state index in [9.17, 15) is 10.4 Å². The van der Waals surface area contributed by atoms with Crippen molar-refractivity contribution < 1.29 is 5.11 Å². The molecule has 3 rings (SSSR count). The van der Waals surface area contributed by atoms with Crippen LogP contribution in [0.15, 0.2) is 29.6 Å². The van der Waals surface area contributed by atoms with Gasteiger partial charge < -0.3 is 5.11 Å². The molecule has 1 aliphatic rings. The molecule has 2 atom stereocenters. The summed E-state index contributed by atoms with van der Waals surface area (Å²) in [6.45, 7) is 1.90. The van der Waals surface area contributed by atoms with Crippen LogP contribution in [0.1, 0.15) is 40.8 Å². The van der Waals surface area contributed by atoms with Gasteiger partial charge in [-0.1, -0.05) is 24.3 Å². The number of aliphatic hydroxyl groups excluding tert-OH is 1. The van der Waals surface area contributed by atoms with Crippen molar-refractivity contribution in [1.82, 2.24) is 4.98 Å². The van der Waals surface area contributed by atoms with Gasteiger partial charge >= 0.3 is 0 Å². The zero-order valence-corrected chi connectivity index (χ0v) is 12.2. The Hall–Kier alpha value is -1.70. The number of aromatic nitrogens is 1. The van der Waals surface area contributed by atoms with Crippen molar-refractivity contribution in [3.8, 4) is 6.07 Å². The lowest BCUT2D eigenvalue weighted by Gasteiger charge is -2.36. The number of fused-ring (bicyclic) bond motifs is 1. The lowest BCUT2D eigenvalue weighted by molar-refractivity contribution is 0.0992. The van der Waals surface area contributed by atoms with Gasteiger partial charge in [-0.05, 0) is 37.3 Å². The van der Waals surface area contributed by atoms with Crippen molar-refractivity contribution in [3.63, 3.8) is 0 Å². The maximum absolute atomic E-state index is 10.8. The monoisotopic (exact) mass is 284 g/mol. The molecule has 1 aromatic carbocycles. The lowest BCUT2D eigenvalue weighted by atomic mass is 9.67. The molecule has 0 saturated carbocycles. The fourth-order valence-electron chi connectivity index (χ4n) is 3.04. The predicted octanol–water partition coefficient (Wildman–Crippen LogP) is 3.28. The van der Waals surface area contributed by atoms with E-state index in [-0.39, 0.29) is 0 Å². The Bertz CT molecular complexity index is 673. The minimum absolute atomic E-state index is 0.640. The molecule has 102 valence electrons. The summed E-state index contributed by atoms with van der Waals surface area (Å²) in [5, 5.41) is 23.1. The number of nitrogens with zero attached hydrogens (tertiary/aromatic N) is 2. The molecule has 1 aliphatic carbocycles. The molecule has 0 fully saturated rings. The van der Waals surface area contributed by atoms with E-state index >= 15 is 0 Å². The molecule has 4 heteroatoms. The molecule has 1 aromatic heterocycles. The van der Waals surface area contributed by atoms with Gasteiger partial charge in [0.05, 0.1) is 6.07 Å². The first-order chi connectivity index (χ1) is 9.67. The molecule has 1 N–H and O–H groups in total. The summed E-state index contributed by atoms with van der Waals surface area (Å²) in [5.41, 5.74) is 2.17. The molecule has 0 saturated heterocycles. The van der Waals surface area contributed by atoms with Gasteiger partial charge in [-0.2, -0.15) is 5.26 Å². The van der Waals surface area contributed by atoms with Gasteiger partial charge in [0.15, 0.2) is 0 Å². The smallest absolute Gasteiger partial charge is 0.128 e. The molecule has 0 amide bonds. The number of aryl methyl sites for hydroxylation is 2.